The molecule has 2 N–H and O–H groups in total. The van der Waals surface area contributed by atoms with Gasteiger partial charge in [-0.15, -0.1) is 0 Å². The molecule has 0 aliphatic heterocycles. The Hall–Kier alpha value is -1.22. The van der Waals surface area contributed by atoms with E-state index in [1.54, 1.807) is 6.07 Å². The van der Waals surface area contributed by atoms with Gasteiger partial charge in [0.15, 0.2) is 0 Å². The fraction of sp³-hybridized carbons (Fsp3) is 0.364. The molecule has 0 aromatic heterocycles. The van der Waals surface area contributed by atoms with Gasteiger partial charge in [0, 0.05) is 11.4 Å². The number of hydrogen-bond donors (Lipinski definition) is 2. The summed E-state index contributed by atoms with van der Waals surface area (Å²) in [5.41, 5.74) is 1.56. The number of hydrogen-bond acceptors (Lipinski definition) is 2. The molecule has 82 valence electrons. The first-order chi connectivity index (χ1) is 7.02. The molecule has 0 radical (unpaired) electrons. The van der Waals surface area contributed by atoms with Gasteiger partial charge in [-0.25, -0.2) is 0 Å². The maximum absolute atomic E-state index is 10.3. The lowest BCUT2D eigenvalue weighted by atomic mass is 10.0. The van der Waals surface area contributed by atoms with Crippen LogP contribution in [0.1, 0.15) is 24.0 Å². The fourth-order valence-electron chi connectivity index (χ4n) is 1.45. The monoisotopic (exact) mass is 228 g/mol. The van der Waals surface area contributed by atoms with Gasteiger partial charge in [-0.05, 0) is 43.0 Å². The molecular formula is C11H13ClO3. The van der Waals surface area contributed by atoms with E-state index in [4.69, 9.17) is 16.7 Å². The Labute approximate surface area is 93.3 Å². The van der Waals surface area contributed by atoms with E-state index in [-0.39, 0.29) is 12.2 Å². The summed E-state index contributed by atoms with van der Waals surface area (Å²) in [7, 11) is 0. The number of phenolic OH excluding ortho intramolecular Hbond substituents is 1. The Kier molecular flexibility index (Phi) is 3.97. The molecule has 0 amide bonds. The Balaban J connectivity index is 2.75. The average Bonchev–Trinajstić information content (AvgIpc) is 2.17. The second-order valence-electron chi connectivity index (χ2n) is 3.42. The highest BCUT2D eigenvalue weighted by Gasteiger charge is 2.08. The van der Waals surface area contributed by atoms with E-state index in [1.807, 2.05) is 6.92 Å². The Morgan fingerprint density at radius 1 is 1.47 bits per heavy atom. The Morgan fingerprint density at radius 3 is 2.73 bits per heavy atom. The average molecular weight is 229 g/mol. The van der Waals surface area contributed by atoms with Crippen molar-refractivity contribution in [3.63, 3.8) is 0 Å². The smallest absolute Gasteiger partial charge is 0.303 e. The molecule has 0 fully saturated rings. The molecule has 0 unspecified atom stereocenters. The lowest BCUT2D eigenvalue weighted by Crippen LogP contribution is -1.97. The van der Waals surface area contributed by atoms with Crippen LogP contribution in [0.3, 0.4) is 0 Å². The van der Waals surface area contributed by atoms with Crippen LogP contribution in [0.2, 0.25) is 5.02 Å². The minimum atomic E-state index is -0.825. The van der Waals surface area contributed by atoms with Gasteiger partial charge in [-0.2, -0.15) is 0 Å². The van der Waals surface area contributed by atoms with Crippen molar-refractivity contribution in [2.45, 2.75) is 26.2 Å². The van der Waals surface area contributed by atoms with E-state index in [1.165, 1.54) is 6.07 Å². The third-order valence-corrected chi connectivity index (χ3v) is 2.73. The van der Waals surface area contributed by atoms with Gasteiger partial charge in [-0.1, -0.05) is 11.6 Å². The van der Waals surface area contributed by atoms with E-state index < -0.39 is 5.97 Å². The Morgan fingerprint density at radius 2 is 2.13 bits per heavy atom. The van der Waals surface area contributed by atoms with Crippen molar-refractivity contribution in [1.29, 1.82) is 0 Å². The largest absolute Gasteiger partial charge is 0.508 e. The summed E-state index contributed by atoms with van der Waals surface area (Å²) in [6.45, 7) is 1.82. The molecule has 0 aliphatic rings. The van der Waals surface area contributed by atoms with E-state index in [0.29, 0.717) is 17.9 Å². The van der Waals surface area contributed by atoms with Gasteiger partial charge in [0.1, 0.15) is 5.75 Å². The third kappa shape index (κ3) is 3.13. The summed E-state index contributed by atoms with van der Waals surface area (Å²) in [6.07, 6.45) is 1.14. The van der Waals surface area contributed by atoms with Crippen LogP contribution in [-0.4, -0.2) is 16.2 Å². The van der Waals surface area contributed by atoms with Gasteiger partial charge < -0.3 is 10.2 Å². The number of carboxylic acids is 1. The van der Waals surface area contributed by atoms with Gasteiger partial charge in [-0.3, -0.25) is 4.79 Å². The minimum absolute atomic E-state index is 0.103. The van der Waals surface area contributed by atoms with Gasteiger partial charge in [0.25, 0.3) is 0 Å². The molecule has 4 heteroatoms. The highest BCUT2D eigenvalue weighted by atomic mass is 35.5. The van der Waals surface area contributed by atoms with Crippen LogP contribution in [0.15, 0.2) is 12.1 Å². The molecular weight excluding hydrogens is 216 g/mol. The van der Waals surface area contributed by atoms with E-state index in [9.17, 15) is 9.90 Å². The lowest BCUT2D eigenvalue weighted by Gasteiger charge is -2.09. The standard InChI is InChI=1S/C11H13ClO3/c1-7-8(3-2-4-11(14)15)10(13)6-5-9(7)12/h5-6,13H,2-4H2,1H3,(H,14,15). The maximum Gasteiger partial charge on any atom is 0.303 e. The number of carboxylic acid groups (broad SMARTS) is 1. The van der Waals surface area contributed by atoms with Crippen molar-refractivity contribution >= 4 is 17.6 Å². The normalized spacial score (nSPS) is 10.3. The zero-order chi connectivity index (χ0) is 11.4. The van der Waals surface area contributed by atoms with Crippen LogP contribution in [0.4, 0.5) is 0 Å². The number of carbonyl (C=O) groups is 1. The SMILES string of the molecule is Cc1c(Cl)ccc(O)c1CCCC(=O)O. The van der Waals surface area contributed by atoms with Crippen LogP contribution in [-0.2, 0) is 11.2 Å². The van der Waals surface area contributed by atoms with Crippen molar-refractivity contribution in [3.05, 3.63) is 28.3 Å². The first-order valence-corrected chi connectivity index (χ1v) is 5.09. The van der Waals surface area contributed by atoms with Crippen molar-refractivity contribution < 1.29 is 15.0 Å². The molecule has 0 bridgehead atoms. The summed E-state index contributed by atoms with van der Waals surface area (Å²) in [5.74, 6) is -0.642. The summed E-state index contributed by atoms with van der Waals surface area (Å²) < 4.78 is 0. The summed E-state index contributed by atoms with van der Waals surface area (Å²) >= 11 is 5.90. The van der Waals surface area contributed by atoms with Crippen molar-refractivity contribution in [3.8, 4) is 5.75 Å². The fourth-order valence-corrected chi connectivity index (χ4v) is 1.62. The van der Waals surface area contributed by atoms with E-state index in [2.05, 4.69) is 0 Å². The van der Waals surface area contributed by atoms with Crippen molar-refractivity contribution in [2.24, 2.45) is 0 Å². The number of rotatable bonds is 4. The molecule has 0 spiro atoms. The molecule has 0 atom stereocenters. The quantitative estimate of drug-likeness (QED) is 0.833. The van der Waals surface area contributed by atoms with Crippen LogP contribution in [0, 0.1) is 6.92 Å². The zero-order valence-corrected chi connectivity index (χ0v) is 9.21. The van der Waals surface area contributed by atoms with Gasteiger partial charge in [0.05, 0.1) is 0 Å². The molecule has 3 nitrogen and oxygen atoms in total. The lowest BCUT2D eigenvalue weighted by molar-refractivity contribution is -0.137. The first kappa shape index (κ1) is 11.9. The maximum atomic E-state index is 10.3. The van der Waals surface area contributed by atoms with Crippen LogP contribution in [0.5, 0.6) is 5.75 Å². The Bertz CT molecular complexity index is 374. The first-order valence-electron chi connectivity index (χ1n) is 4.71. The van der Waals surface area contributed by atoms with Crippen molar-refractivity contribution in [2.75, 3.05) is 0 Å². The second kappa shape index (κ2) is 5.03. The van der Waals surface area contributed by atoms with E-state index >= 15 is 0 Å². The highest BCUT2D eigenvalue weighted by Crippen LogP contribution is 2.28. The number of aliphatic carboxylic acids is 1. The highest BCUT2D eigenvalue weighted by molar-refractivity contribution is 6.31. The van der Waals surface area contributed by atoms with Gasteiger partial charge >= 0.3 is 5.97 Å². The summed E-state index contributed by atoms with van der Waals surface area (Å²) in [4.78, 5) is 10.3. The summed E-state index contributed by atoms with van der Waals surface area (Å²) in [6, 6.07) is 3.17. The van der Waals surface area contributed by atoms with Gasteiger partial charge in [0.2, 0.25) is 0 Å². The molecule has 1 aromatic carbocycles. The van der Waals surface area contributed by atoms with Crippen LogP contribution >= 0.6 is 11.6 Å². The van der Waals surface area contributed by atoms with Crippen molar-refractivity contribution in [1.82, 2.24) is 0 Å². The summed E-state index contributed by atoms with van der Waals surface area (Å²) in [5, 5.41) is 18.7. The van der Waals surface area contributed by atoms with Crippen LogP contribution < -0.4 is 0 Å². The molecule has 0 saturated heterocycles. The predicted octanol–water partition coefficient (Wildman–Crippen LogP) is 2.76. The topological polar surface area (TPSA) is 57.5 Å². The number of aromatic hydroxyl groups is 1. The van der Waals surface area contributed by atoms with Crippen LogP contribution in [0.25, 0.3) is 0 Å². The number of benzene rings is 1. The molecule has 0 heterocycles. The molecule has 0 aliphatic carbocycles. The predicted molar refractivity (Wildman–Crippen MR) is 58.4 cm³/mol. The molecule has 1 aromatic rings. The third-order valence-electron chi connectivity index (χ3n) is 2.33. The van der Waals surface area contributed by atoms with E-state index in [0.717, 1.165) is 11.1 Å². The molecule has 15 heavy (non-hydrogen) atoms. The zero-order valence-electron chi connectivity index (χ0n) is 8.46. The number of phenols is 1. The second-order valence-corrected chi connectivity index (χ2v) is 3.82. The molecule has 0 saturated carbocycles. The molecule has 1 rings (SSSR count). The number of halogens is 1. The minimum Gasteiger partial charge on any atom is -0.508 e.